The number of aromatic amines is 1. The molecule has 0 saturated heterocycles. The van der Waals surface area contributed by atoms with E-state index in [0.717, 1.165) is 22.8 Å². The molecule has 1 amide bonds. The third-order valence-corrected chi connectivity index (χ3v) is 5.00. The summed E-state index contributed by atoms with van der Waals surface area (Å²) in [6, 6.07) is 8.47. The summed E-state index contributed by atoms with van der Waals surface area (Å²) in [7, 11) is 2.82. The van der Waals surface area contributed by atoms with Gasteiger partial charge in [0.2, 0.25) is 0 Å². The summed E-state index contributed by atoms with van der Waals surface area (Å²) in [4.78, 5) is 51.6. The van der Waals surface area contributed by atoms with Crippen molar-refractivity contribution in [1.29, 1.82) is 0 Å². The van der Waals surface area contributed by atoms with Crippen molar-refractivity contribution in [1.82, 2.24) is 14.1 Å². The number of non-ortho nitro benzene ring substituents is 1. The molecule has 0 aliphatic carbocycles. The van der Waals surface area contributed by atoms with E-state index in [1.54, 1.807) is 0 Å². The van der Waals surface area contributed by atoms with Gasteiger partial charge in [-0.15, -0.1) is 0 Å². The molecule has 0 unspecified atom stereocenters. The zero-order valence-electron chi connectivity index (χ0n) is 17.3. The first-order chi connectivity index (χ1) is 15.7. The summed E-state index contributed by atoms with van der Waals surface area (Å²) in [5, 5.41) is 13.5. The Morgan fingerprint density at radius 3 is 2.52 bits per heavy atom. The highest BCUT2D eigenvalue weighted by molar-refractivity contribution is 6.12. The Morgan fingerprint density at radius 1 is 1.18 bits per heavy atom. The molecule has 2 N–H and O–H groups in total. The van der Waals surface area contributed by atoms with Gasteiger partial charge in [0.05, 0.1) is 40.6 Å². The maximum atomic E-state index is 13.2. The van der Waals surface area contributed by atoms with Crippen LogP contribution in [0.1, 0.15) is 10.4 Å². The number of carbonyl (C=O) groups excluding carboxylic acids is 1. The molecular formula is C21H16FN5O6. The summed E-state index contributed by atoms with van der Waals surface area (Å²) >= 11 is 0. The SMILES string of the molecule is COc1cc([N+](=O)[O-])ccc1NC(=O)c1cn(C)c2c(=O)n(-c3ccc(F)cc3)c(=O)[nH]c12. The Kier molecular flexibility index (Phi) is 5.26. The monoisotopic (exact) mass is 453 g/mol. The zero-order valence-corrected chi connectivity index (χ0v) is 17.3. The van der Waals surface area contributed by atoms with Gasteiger partial charge >= 0.3 is 5.69 Å². The number of aromatic nitrogens is 3. The first-order valence-corrected chi connectivity index (χ1v) is 9.45. The summed E-state index contributed by atoms with van der Waals surface area (Å²) in [5.41, 5.74) is -1.38. The lowest BCUT2D eigenvalue weighted by Gasteiger charge is -2.09. The lowest BCUT2D eigenvalue weighted by Crippen LogP contribution is -2.34. The van der Waals surface area contributed by atoms with Crippen molar-refractivity contribution in [2.24, 2.45) is 7.05 Å². The molecular weight excluding hydrogens is 437 g/mol. The first kappa shape index (κ1) is 21.5. The fourth-order valence-electron chi connectivity index (χ4n) is 3.46. The fourth-order valence-corrected chi connectivity index (χ4v) is 3.46. The molecule has 0 aliphatic heterocycles. The average molecular weight is 453 g/mol. The molecule has 2 aromatic carbocycles. The standard InChI is InChI=1S/C21H16FN5O6/c1-25-10-14(19(28)23-15-8-7-13(27(31)32)9-16(15)33-2)17-18(25)20(29)26(21(30)24-17)12-5-3-11(22)4-6-12/h3-10H,1-2H3,(H,23,28)(H,24,30). The maximum absolute atomic E-state index is 13.2. The number of nitrogens with zero attached hydrogens (tertiary/aromatic N) is 3. The van der Waals surface area contributed by atoms with Crippen LogP contribution in [0, 0.1) is 15.9 Å². The van der Waals surface area contributed by atoms with Gasteiger partial charge in [-0.2, -0.15) is 0 Å². The second-order valence-corrected chi connectivity index (χ2v) is 7.02. The number of benzene rings is 2. The molecule has 0 atom stereocenters. The van der Waals surface area contributed by atoms with Gasteiger partial charge in [-0.25, -0.2) is 13.8 Å². The highest BCUT2D eigenvalue weighted by atomic mass is 19.1. The third kappa shape index (κ3) is 3.73. The number of rotatable bonds is 5. The van der Waals surface area contributed by atoms with Crippen molar-refractivity contribution in [3.05, 3.63) is 91.0 Å². The highest BCUT2D eigenvalue weighted by Crippen LogP contribution is 2.29. The summed E-state index contributed by atoms with van der Waals surface area (Å²) in [6.45, 7) is 0. The molecule has 12 heteroatoms. The van der Waals surface area contributed by atoms with E-state index in [0.29, 0.717) is 0 Å². The van der Waals surface area contributed by atoms with Gasteiger partial charge in [-0.3, -0.25) is 19.7 Å². The van der Waals surface area contributed by atoms with Crippen LogP contribution < -0.4 is 21.3 Å². The van der Waals surface area contributed by atoms with Gasteiger partial charge in [-0.1, -0.05) is 0 Å². The number of nitrogens with one attached hydrogen (secondary N) is 2. The van der Waals surface area contributed by atoms with Crippen LogP contribution >= 0.6 is 0 Å². The number of nitro benzene ring substituents is 1. The fraction of sp³-hybridized carbons (Fsp3) is 0.0952. The summed E-state index contributed by atoms with van der Waals surface area (Å²) in [6.07, 6.45) is 1.37. The number of halogens is 1. The van der Waals surface area contributed by atoms with Crippen LogP contribution in [-0.2, 0) is 7.05 Å². The number of anilines is 1. The van der Waals surface area contributed by atoms with Crippen molar-refractivity contribution in [3.63, 3.8) is 0 Å². The predicted octanol–water partition coefficient (Wildman–Crippen LogP) is 2.33. The van der Waals surface area contributed by atoms with E-state index in [2.05, 4.69) is 10.3 Å². The van der Waals surface area contributed by atoms with Crippen LogP contribution in [0.5, 0.6) is 5.75 Å². The van der Waals surface area contributed by atoms with E-state index in [1.165, 1.54) is 49.2 Å². The smallest absolute Gasteiger partial charge is 0.333 e. The molecule has 0 bridgehead atoms. The Bertz CT molecular complexity index is 1530. The zero-order chi connectivity index (χ0) is 23.9. The number of hydrogen-bond acceptors (Lipinski definition) is 6. The topological polar surface area (TPSA) is 141 Å². The van der Waals surface area contributed by atoms with Gasteiger partial charge in [0.25, 0.3) is 17.2 Å². The number of amides is 1. The van der Waals surface area contributed by atoms with Crippen LogP contribution in [0.25, 0.3) is 16.7 Å². The van der Waals surface area contributed by atoms with E-state index in [1.807, 2.05) is 0 Å². The lowest BCUT2D eigenvalue weighted by molar-refractivity contribution is -0.384. The number of aryl methyl sites for hydroxylation is 1. The molecule has 11 nitrogen and oxygen atoms in total. The molecule has 2 heterocycles. The predicted molar refractivity (Wildman–Crippen MR) is 117 cm³/mol. The van der Waals surface area contributed by atoms with Gasteiger partial charge in [0.15, 0.2) is 0 Å². The Labute approximate surface area is 183 Å². The molecule has 4 rings (SSSR count). The second-order valence-electron chi connectivity index (χ2n) is 7.02. The molecule has 0 spiro atoms. The molecule has 0 saturated carbocycles. The third-order valence-electron chi connectivity index (χ3n) is 5.00. The van der Waals surface area contributed by atoms with Gasteiger partial charge in [0.1, 0.15) is 17.1 Å². The maximum Gasteiger partial charge on any atom is 0.333 e. The van der Waals surface area contributed by atoms with Crippen LogP contribution in [0.4, 0.5) is 15.8 Å². The Morgan fingerprint density at radius 2 is 1.88 bits per heavy atom. The van der Waals surface area contributed by atoms with E-state index in [4.69, 9.17) is 4.74 Å². The minimum Gasteiger partial charge on any atom is -0.494 e. The first-order valence-electron chi connectivity index (χ1n) is 9.45. The Hall–Kier alpha value is -4.74. The normalized spacial score (nSPS) is 10.9. The van der Waals surface area contributed by atoms with Gasteiger partial charge < -0.3 is 19.6 Å². The van der Waals surface area contributed by atoms with Gasteiger partial charge in [-0.05, 0) is 30.3 Å². The number of ether oxygens (including phenoxy) is 1. The van der Waals surface area contributed by atoms with Crippen molar-refractivity contribution < 1.29 is 18.8 Å². The van der Waals surface area contributed by atoms with E-state index < -0.39 is 27.9 Å². The number of fused-ring (bicyclic) bond motifs is 1. The average Bonchev–Trinajstić information content (AvgIpc) is 3.11. The minimum atomic E-state index is -0.813. The summed E-state index contributed by atoms with van der Waals surface area (Å²) < 4.78 is 20.6. The second kappa shape index (κ2) is 8.07. The number of carbonyl (C=O) groups is 1. The van der Waals surface area contributed by atoms with Crippen molar-refractivity contribution in [2.75, 3.05) is 12.4 Å². The quantitative estimate of drug-likeness (QED) is 0.351. The molecule has 168 valence electrons. The van der Waals surface area contributed by atoms with Crippen molar-refractivity contribution >= 4 is 28.3 Å². The van der Waals surface area contributed by atoms with Crippen LogP contribution in [0.15, 0.2) is 58.3 Å². The molecule has 0 fully saturated rings. The molecule has 4 aromatic rings. The van der Waals surface area contributed by atoms with E-state index in [9.17, 15) is 28.9 Å². The number of hydrogen-bond donors (Lipinski definition) is 2. The van der Waals surface area contributed by atoms with Crippen LogP contribution in [-0.4, -0.2) is 32.1 Å². The molecule has 33 heavy (non-hydrogen) atoms. The van der Waals surface area contributed by atoms with Crippen LogP contribution in [0.2, 0.25) is 0 Å². The lowest BCUT2D eigenvalue weighted by atomic mass is 10.2. The Balaban J connectivity index is 1.79. The van der Waals surface area contributed by atoms with Gasteiger partial charge in [0, 0.05) is 19.3 Å². The van der Waals surface area contributed by atoms with Crippen molar-refractivity contribution in [3.8, 4) is 11.4 Å². The van der Waals surface area contributed by atoms with E-state index in [-0.39, 0.29) is 39.4 Å². The highest BCUT2D eigenvalue weighted by Gasteiger charge is 2.22. The molecule has 0 aliphatic rings. The van der Waals surface area contributed by atoms with Crippen LogP contribution in [0.3, 0.4) is 0 Å². The molecule has 2 aromatic heterocycles. The number of H-pyrrole nitrogens is 1. The summed E-state index contributed by atoms with van der Waals surface area (Å²) in [5.74, 6) is -1.14. The number of methoxy groups -OCH3 is 1. The van der Waals surface area contributed by atoms with Crippen molar-refractivity contribution in [2.45, 2.75) is 0 Å². The minimum absolute atomic E-state index is 0.00393. The largest absolute Gasteiger partial charge is 0.494 e. The van der Waals surface area contributed by atoms with E-state index >= 15 is 0 Å². The molecule has 0 radical (unpaired) electrons. The number of nitro groups is 1.